The largest absolute Gasteiger partial charge is 0.495 e. The van der Waals surface area contributed by atoms with Crippen molar-refractivity contribution < 1.29 is 19.0 Å². The molecule has 0 radical (unpaired) electrons. The van der Waals surface area contributed by atoms with Crippen LogP contribution in [0, 0.1) is 0 Å². The highest BCUT2D eigenvalue weighted by atomic mass is 35.5. The van der Waals surface area contributed by atoms with Crippen LogP contribution in [0.15, 0.2) is 40.9 Å². The first-order valence-electron chi connectivity index (χ1n) is 12.8. The van der Waals surface area contributed by atoms with E-state index in [1.165, 1.54) is 18.9 Å². The minimum atomic E-state index is -0.231. The summed E-state index contributed by atoms with van der Waals surface area (Å²) in [5, 5.41) is 7.94. The Bertz CT molecular complexity index is 1260. The highest BCUT2D eigenvalue weighted by Crippen LogP contribution is 2.49. The van der Waals surface area contributed by atoms with Gasteiger partial charge in [-0.15, -0.1) is 0 Å². The highest BCUT2D eigenvalue weighted by Gasteiger charge is 2.33. The van der Waals surface area contributed by atoms with Crippen molar-refractivity contribution in [3.05, 3.63) is 46.6 Å². The van der Waals surface area contributed by atoms with Crippen LogP contribution in [-0.2, 0) is 16.1 Å². The number of benzene rings is 1. The Balaban J connectivity index is 1.48. The molecule has 12 heteroatoms. The molecule has 0 bridgehead atoms. The SMILES string of the molecule is C=CC(=O)N[C@H]1COC[C@H]1Nc1cc2c(cn1)CN(c1c(Cl)c(OC)cc(OC)c1Cl)C(=NC1CCCC1)S2. The standard InChI is InChI=1S/C27H31Cl2N5O4S/c1-4-23(35)33-18-14-38-13-17(18)32-22-10-21-15(11-30-22)12-34(27(39-21)31-16-7-5-6-8-16)26-24(28)19(36-2)9-20(37-3)25(26)29/h4,9-11,16-18H,1,5-8,12-14H2,2-3H3,(H,30,32)(H,33,35)/t17-,18+/m1/s1. The third-order valence-corrected chi connectivity index (χ3v) is 8.91. The number of fused-ring (bicyclic) bond motifs is 1. The van der Waals surface area contributed by atoms with Crippen molar-refractivity contribution in [2.75, 3.05) is 37.7 Å². The molecule has 0 spiro atoms. The van der Waals surface area contributed by atoms with Gasteiger partial charge in [-0.1, -0.05) is 54.4 Å². The molecule has 3 aliphatic rings. The van der Waals surface area contributed by atoms with E-state index < -0.39 is 0 Å². The molecule has 208 valence electrons. The fourth-order valence-corrected chi connectivity index (χ4v) is 6.78. The fourth-order valence-electron chi connectivity index (χ4n) is 4.99. The molecule has 1 aromatic heterocycles. The van der Waals surface area contributed by atoms with Gasteiger partial charge >= 0.3 is 0 Å². The molecule has 39 heavy (non-hydrogen) atoms. The normalized spacial score (nSPS) is 22.1. The average Bonchev–Trinajstić information content (AvgIpc) is 3.61. The van der Waals surface area contributed by atoms with E-state index in [9.17, 15) is 4.79 Å². The molecule has 9 nitrogen and oxygen atoms in total. The van der Waals surface area contributed by atoms with Gasteiger partial charge in [-0.05, 0) is 25.0 Å². The van der Waals surface area contributed by atoms with Crippen LogP contribution in [0.5, 0.6) is 11.5 Å². The number of nitrogens with one attached hydrogen (secondary N) is 2. The number of methoxy groups -OCH3 is 2. The number of pyridine rings is 1. The van der Waals surface area contributed by atoms with E-state index in [2.05, 4.69) is 22.2 Å². The number of thioether (sulfide) groups is 1. The number of amidine groups is 1. The molecule has 3 heterocycles. The van der Waals surface area contributed by atoms with Gasteiger partial charge in [0.15, 0.2) is 5.17 Å². The van der Waals surface area contributed by atoms with Crippen LogP contribution in [-0.4, -0.2) is 61.6 Å². The van der Waals surface area contributed by atoms with E-state index >= 15 is 0 Å². The topological polar surface area (TPSA) is 97.3 Å². The van der Waals surface area contributed by atoms with Gasteiger partial charge in [0.25, 0.3) is 0 Å². The number of carbonyl (C=O) groups excluding carboxylic acids is 1. The van der Waals surface area contributed by atoms with Gasteiger partial charge < -0.3 is 29.7 Å². The summed E-state index contributed by atoms with van der Waals surface area (Å²) in [6.45, 7) is 4.89. The molecule has 5 rings (SSSR count). The smallest absolute Gasteiger partial charge is 0.243 e. The van der Waals surface area contributed by atoms with Gasteiger partial charge in [0.1, 0.15) is 27.4 Å². The summed E-state index contributed by atoms with van der Waals surface area (Å²) in [5.74, 6) is 1.41. The monoisotopic (exact) mass is 591 g/mol. The van der Waals surface area contributed by atoms with Crippen molar-refractivity contribution in [2.24, 2.45) is 4.99 Å². The second-order valence-electron chi connectivity index (χ2n) is 9.58. The van der Waals surface area contributed by atoms with Crippen LogP contribution in [0.3, 0.4) is 0 Å². The number of amides is 1. The van der Waals surface area contributed by atoms with Gasteiger partial charge in [0, 0.05) is 22.7 Å². The van der Waals surface area contributed by atoms with E-state index in [-0.39, 0.29) is 24.0 Å². The number of carbonyl (C=O) groups is 1. The molecular weight excluding hydrogens is 561 g/mol. The van der Waals surface area contributed by atoms with Gasteiger partial charge in [0.2, 0.25) is 5.91 Å². The Morgan fingerprint density at radius 3 is 2.54 bits per heavy atom. The first-order chi connectivity index (χ1) is 18.9. The van der Waals surface area contributed by atoms with Gasteiger partial charge in [-0.3, -0.25) is 9.79 Å². The second kappa shape index (κ2) is 12.2. The van der Waals surface area contributed by atoms with Gasteiger partial charge in [-0.25, -0.2) is 4.98 Å². The number of ether oxygens (including phenoxy) is 3. The molecule has 2 fully saturated rings. The molecule has 2 N–H and O–H groups in total. The van der Waals surface area contributed by atoms with Crippen molar-refractivity contribution in [3.8, 4) is 11.5 Å². The second-order valence-corrected chi connectivity index (χ2v) is 11.3. The third-order valence-electron chi connectivity index (χ3n) is 7.07. The summed E-state index contributed by atoms with van der Waals surface area (Å²) in [7, 11) is 3.13. The summed E-state index contributed by atoms with van der Waals surface area (Å²) in [6, 6.07) is 3.65. The summed E-state index contributed by atoms with van der Waals surface area (Å²) in [5.41, 5.74) is 1.60. The zero-order valence-electron chi connectivity index (χ0n) is 21.8. The molecule has 2 aliphatic heterocycles. The number of anilines is 2. The van der Waals surface area contributed by atoms with Crippen molar-refractivity contribution in [2.45, 2.75) is 55.2 Å². The Kier molecular flexibility index (Phi) is 8.76. The number of hydrogen-bond acceptors (Lipinski definition) is 8. The van der Waals surface area contributed by atoms with E-state index in [4.69, 9.17) is 42.4 Å². The lowest BCUT2D eigenvalue weighted by Crippen LogP contribution is -2.45. The minimum absolute atomic E-state index is 0.113. The van der Waals surface area contributed by atoms with Crippen LogP contribution in [0.1, 0.15) is 31.2 Å². The third kappa shape index (κ3) is 5.94. The van der Waals surface area contributed by atoms with Crippen molar-refractivity contribution in [1.82, 2.24) is 10.3 Å². The minimum Gasteiger partial charge on any atom is -0.495 e. The van der Waals surface area contributed by atoms with Gasteiger partial charge in [0.05, 0.1) is 57.8 Å². The number of hydrogen-bond donors (Lipinski definition) is 2. The van der Waals surface area contributed by atoms with Crippen LogP contribution in [0.2, 0.25) is 10.0 Å². The summed E-state index contributed by atoms with van der Waals surface area (Å²) in [4.78, 5) is 24.7. The zero-order chi connectivity index (χ0) is 27.5. The molecule has 1 saturated heterocycles. The Morgan fingerprint density at radius 2 is 1.87 bits per heavy atom. The van der Waals surface area contributed by atoms with Crippen LogP contribution < -0.4 is 25.0 Å². The molecular formula is C27H31Cl2N5O4S. The summed E-state index contributed by atoms with van der Waals surface area (Å²) >= 11 is 15.2. The van der Waals surface area contributed by atoms with E-state index in [0.29, 0.717) is 52.8 Å². The first-order valence-corrected chi connectivity index (χ1v) is 14.4. The maximum Gasteiger partial charge on any atom is 0.243 e. The van der Waals surface area contributed by atoms with Gasteiger partial charge in [-0.2, -0.15) is 0 Å². The van der Waals surface area contributed by atoms with Crippen LogP contribution in [0.4, 0.5) is 11.5 Å². The average molecular weight is 593 g/mol. The quantitative estimate of drug-likeness (QED) is 0.399. The number of nitrogens with zero attached hydrogens (tertiary/aromatic N) is 3. The molecule has 1 aliphatic carbocycles. The predicted molar refractivity (Wildman–Crippen MR) is 156 cm³/mol. The molecule has 1 amide bonds. The molecule has 0 unspecified atom stereocenters. The number of rotatable bonds is 8. The van der Waals surface area contributed by atoms with Crippen molar-refractivity contribution in [1.29, 1.82) is 0 Å². The predicted octanol–water partition coefficient (Wildman–Crippen LogP) is 5.30. The van der Waals surface area contributed by atoms with E-state index in [1.54, 1.807) is 32.0 Å². The van der Waals surface area contributed by atoms with E-state index in [1.807, 2.05) is 17.2 Å². The van der Waals surface area contributed by atoms with E-state index in [0.717, 1.165) is 28.5 Å². The Morgan fingerprint density at radius 1 is 1.18 bits per heavy atom. The number of aliphatic imine (C=N–C) groups is 1. The maximum atomic E-state index is 11.8. The number of aromatic nitrogens is 1. The number of halogens is 2. The molecule has 1 saturated carbocycles. The summed E-state index contributed by atoms with van der Waals surface area (Å²) in [6.07, 6.45) is 7.55. The lowest BCUT2D eigenvalue weighted by Gasteiger charge is -2.33. The van der Waals surface area contributed by atoms with Crippen LogP contribution in [0.25, 0.3) is 0 Å². The summed E-state index contributed by atoms with van der Waals surface area (Å²) < 4.78 is 16.6. The molecule has 2 atom stereocenters. The van der Waals surface area contributed by atoms with Crippen molar-refractivity contribution in [3.63, 3.8) is 0 Å². The zero-order valence-corrected chi connectivity index (χ0v) is 24.2. The lowest BCUT2D eigenvalue weighted by atomic mass is 10.1. The Hall–Kier alpha value is -2.66. The lowest BCUT2D eigenvalue weighted by molar-refractivity contribution is -0.117. The fraction of sp³-hybridized carbons (Fsp3) is 0.444. The molecule has 2 aromatic rings. The highest BCUT2D eigenvalue weighted by molar-refractivity contribution is 8.14. The molecule has 1 aromatic carbocycles. The Labute approximate surface area is 242 Å². The maximum absolute atomic E-state index is 11.8. The van der Waals surface area contributed by atoms with Crippen LogP contribution >= 0.6 is 35.0 Å². The van der Waals surface area contributed by atoms with Crippen molar-refractivity contribution >= 4 is 57.5 Å². The first kappa shape index (κ1) is 27.9.